The summed E-state index contributed by atoms with van der Waals surface area (Å²) in [6, 6.07) is 0. The Morgan fingerprint density at radius 1 is 1.40 bits per heavy atom. The molecule has 3 nitrogen and oxygen atoms in total. The van der Waals surface area contributed by atoms with Gasteiger partial charge in [-0.2, -0.15) is 0 Å². The second kappa shape index (κ2) is 5.79. The number of hydrogen-bond acceptors (Lipinski definition) is 3. The molecule has 15 heavy (non-hydrogen) atoms. The largest absolute Gasteiger partial charge is 0.460 e. The molecular weight excluding hydrogens is 190 g/mol. The molecule has 0 aromatic rings. The average molecular weight is 213 g/mol. The van der Waals surface area contributed by atoms with Gasteiger partial charge in [-0.3, -0.25) is 4.79 Å². The van der Waals surface area contributed by atoms with E-state index in [0.717, 1.165) is 6.42 Å². The summed E-state index contributed by atoms with van der Waals surface area (Å²) < 4.78 is 5.31. The lowest BCUT2D eigenvalue weighted by Gasteiger charge is -2.23. The zero-order valence-corrected chi connectivity index (χ0v) is 10.4. The first-order valence-corrected chi connectivity index (χ1v) is 5.37. The summed E-state index contributed by atoms with van der Waals surface area (Å²) in [7, 11) is 0. The Morgan fingerprint density at radius 2 is 1.93 bits per heavy atom. The predicted octanol–water partition coefficient (Wildman–Crippen LogP) is 2.46. The van der Waals surface area contributed by atoms with Crippen molar-refractivity contribution in [2.75, 3.05) is 0 Å². The maximum Gasteiger partial charge on any atom is 0.313 e. The topological polar surface area (TPSA) is 52.3 Å². The van der Waals surface area contributed by atoms with Crippen molar-refractivity contribution in [3.8, 4) is 0 Å². The fourth-order valence-corrected chi connectivity index (χ4v) is 1.27. The van der Waals surface area contributed by atoms with Crippen LogP contribution in [0, 0.1) is 11.8 Å². The van der Waals surface area contributed by atoms with Gasteiger partial charge in [0.2, 0.25) is 0 Å². The maximum absolute atomic E-state index is 11.8. The van der Waals surface area contributed by atoms with Crippen LogP contribution in [0.15, 0.2) is 12.3 Å². The van der Waals surface area contributed by atoms with Crippen molar-refractivity contribution in [1.29, 1.82) is 0 Å². The number of rotatable bonds is 4. The Bertz CT molecular complexity index is 226. The Morgan fingerprint density at radius 3 is 2.27 bits per heavy atom. The molecule has 0 radical (unpaired) electrons. The van der Waals surface area contributed by atoms with Crippen LogP contribution in [0.4, 0.5) is 0 Å². The molecular formula is C12H23NO2. The van der Waals surface area contributed by atoms with Crippen LogP contribution >= 0.6 is 0 Å². The van der Waals surface area contributed by atoms with E-state index in [2.05, 4.69) is 13.8 Å². The Kier molecular flexibility index (Phi) is 5.40. The molecule has 0 aliphatic rings. The van der Waals surface area contributed by atoms with E-state index >= 15 is 0 Å². The summed E-state index contributed by atoms with van der Waals surface area (Å²) in [5, 5.41) is 0. The van der Waals surface area contributed by atoms with Crippen molar-refractivity contribution in [2.24, 2.45) is 17.6 Å². The van der Waals surface area contributed by atoms with E-state index in [-0.39, 0.29) is 11.9 Å². The highest BCUT2D eigenvalue weighted by Gasteiger charge is 2.23. The molecule has 0 rings (SSSR count). The van der Waals surface area contributed by atoms with Crippen molar-refractivity contribution in [2.45, 2.75) is 46.6 Å². The number of carbonyl (C=O) groups is 1. The smallest absolute Gasteiger partial charge is 0.313 e. The monoisotopic (exact) mass is 213 g/mol. The third kappa shape index (κ3) is 7.00. The molecule has 0 aliphatic carbocycles. The third-order valence-electron chi connectivity index (χ3n) is 1.78. The van der Waals surface area contributed by atoms with Gasteiger partial charge in [-0.15, -0.1) is 0 Å². The minimum absolute atomic E-state index is 0.196. The molecule has 0 aromatic carbocycles. The Hall–Kier alpha value is -0.990. The van der Waals surface area contributed by atoms with Gasteiger partial charge in [-0.25, -0.2) is 0 Å². The van der Waals surface area contributed by atoms with E-state index in [4.69, 9.17) is 10.5 Å². The first kappa shape index (κ1) is 14.0. The molecule has 2 N–H and O–H groups in total. The summed E-state index contributed by atoms with van der Waals surface area (Å²) in [5.74, 6) is 0.0193. The number of ether oxygens (including phenoxy) is 1. The van der Waals surface area contributed by atoms with E-state index in [0.29, 0.717) is 5.92 Å². The molecule has 3 heteroatoms. The van der Waals surface area contributed by atoms with E-state index in [9.17, 15) is 4.79 Å². The fourth-order valence-electron chi connectivity index (χ4n) is 1.27. The maximum atomic E-state index is 11.8. The van der Waals surface area contributed by atoms with Gasteiger partial charge >= 0.3 is 5.97 Å². The molecule has 0 saturated heterocycles. The molecule has 0 bridgehead atoms. The van der Waals surface area contributed by atoms with Gasteiger partial charge < -0.3 is 10.5 Å². The molecule has 0 saturated carbocycles. The summed E-state index contributed by atoms with van der Waals surface area (Å²) in [6.45, 7) is 9.74. The highest BCUT2D eigenvalue weighted by molar-refractivity contribution is 5.74. The molecule has 88 valence electrons. The number of carbonyl (C=O) groups excluding carboxylic acids is 1. The van der Waals surface area contributed by atoms with Crippen LogP contribution < -0.4 is 5.73 Å². The van der Waals surface area contributed by atoms with Crippen LogP contribution in [0.2, 0.25) is 0 Å². The van der Waals surface area contributed by atoms with Crippen molar-refractivity contribution in [3.05, 3.63) is 12.3 Å². The van der Waals surface area contributed by atoms with E-state index in [1.54, 1.807) is 6.08 Å². The second-order valence-corrected chi connectivity index (χ2v) is 5.15. The van der Waals surface area contributed by atoms with E-state index in [1.165, 1.54) is 6.20 Å². The van der Waals surface area contributed by atoms with Gasteiger partial charge in [0, 0.05) is 0 Å². The lowest BCUT2D eigenvalue weighted by Crippen LogP contribution is -2.28. The molecule has 1 atom stereocenters. The summed E-state index contributed by atoms with van der Waals surface area (Å²) in [4.78, 5) is 11.8. The molecule has 0 aliphatic heterocycles. The average Bonchev–Trinajstić information content (AvgIpc) is 1.99. The minimum Gasteiger partial charge on any atom is -0.460 e. The molecule has 0 aromatic heterocycles. The van der Waals surface area contributed by atoms with Crippen molar-refractivity contribution >= 4 is 5.97 Å². The first-order valence-electron chi connectivity index (χ1n) is 5.37. The Balaban J connectivity index is 4.42. The van der Waals surface area contributed by atoms with Crippen LogP contribution in [-0.4, -0.2) is 11.6 Å². The van der Waals surface area contributed by atoms with Crippen LogP contribution in [0.1, 0.15) is 41.0 Å². The van der Waals surface area contributed by atoms with Crippen molar-refractivity contribution in [1.82, 2.24) is 0 Å². The molecule has 0 heterocycles. The van der Waals surface area contributed by atoms with Gasteiger partial charge in [0.15, 0.2) is 0 Å². The van der Waals surface area contributed by atoms with Crippen LogP contribution in [0.5, 0.6) is 0 Å². The normalized spacial score (nSPS) is 14.5. The predicted molar refractivity (Wildman–Crippen MR) is 62.1 cm³/mol. The third-order valence-corrected chi connectivity index (χ3v) is 1.78. The molecule has 1 unspecified atom stereocenters. The number of esters is 1. The lowest BCUT2D eigenvalue weighted by atomic mass is 9.97. The van der Waals surface area contributed by atoms with Gasteiger partial charge in [0.25, 0.3) is 0 Å². The highest BCUT2D eigenvalue weighted by Crippen LogP contribution is 2.18. The van der Waals surface area contributed by atoms with Crippen molar-refractivity contribution < 1.29 is 9.53 Å². The standard InChI is InChI=1S/C12H23NO2/c1-9(2)8-10(6-7-13)11(14)15-12(3,4)5/h6-7,9-10H,8,13H2,1-5H3. The van der Waals surface area contributed by atoms with E-state index < -0.39 is 5.60 Å². The quantitative estimate of drug-likeness (QED) is 0.730. The summed E-state index contributed by atoms with van der Waals surface area (Å²) >= 11 is 0. The van der Waals surface area contributed by atoms with Crippen LogP contribution in [-0.2, 0) is 9.53 Å². The van der Waals surface area contributed by atoms with Gasteiger partial charge in [-0.1, -0.05) is 19.9 Å². The van der Waals surface area contributed by atoms with Gasteiger partial charge in [0.1, 0.15) is 5.60 Å². The fraction of sp³-hybridized carbons (Fsp3) is 0.750. The van der Waals surface area contributed by atoms with Crippen LogP contribution in [0.3, 0.4) is 0 Å². The van der Waals surface area contributed by atoms with Crippen LogP contribution in [0.25, 0.3) is 0 Å². The minimum atomic E-state index is -0.436. The first-order chi connectivity index (χ1) is 6.76. The Labute approximate surface area is 92.7 Å². The second-order valence-electron chi connectivity index (χ2n) is 5.15. The number of hydrogen-bond donors (Lipinski definition) is 1. The van der Waals surface area contributed by atoms with Gasteiger partial charge in [0.05, 0.1) is 5.92 Å². The van der Waals surface area contributed by atoms with Crippen molar-refractivity contribution in [3.63, 3.8) is 0 Å². The SMILES string of the molecule is CC(C)CC(C=CN)C(=O)OC(C)(C)C. The summed E-state index contributed by atoms with van der Waals surface area (Å²) in [6.07, 6.45) is 3.88. The number of nitrogens with two attached hydrogens (primary N) is 1. The molecule has 0 spiro atoms. The molecule has 0 fully saturated rings. The zero-order valence-electron chi connectivity index (χ0n) is 10.4. The summed E-state index contributed by atoms with van der Waals surface area (Å²) in [5.41, 5.74) is 4.88. The molecule has 0 amide bonds. The lowest BCUT2D eigenvalue weighted by molar-refractivity contribution is -0.158. The van der Waals surface area contributed by atoms with E-state index in [1.807, 2.05) is 20.8 Å². The zero-order chi connectivity index (χ0) is 12.1. The highest BCUT2D eigenvalue weighted by atomic mass is 16.6. The van der Waals surface area contributed by atoms with Gasteiger partial charge in [-0.05, 0) is 39.3 Å².